The van der Waals surface area contributed by atoms with Gasteiger partial charge in [0.15, 0.2) is 0 Å². The molecule has 2 heterocycles. The molecule has 202 valence electrons. The molecule has 8 heteroatoms. The van der Waals surface area contributed by atoms with Crippen LogP contribution in [0.1, 0.15) is 63.1 Å². The van der Waals surface area contributed by atoms with Crippen LogP contribution in [0.5, 0.6) is 5.75 Å². The van der Waals surface area contributed by atoms with Gasteiger partial charge in [-0.05, 0) is 95.7 Å². The fourth-order valence-electron chi connectivity index (χ4n) is 4.81. The second kappa shape index (κ2) is 12.2. The highest BCUT2D eigenvalue weighted by Crippen LogP contribution is 2.38. The minimum atomic E-state index is 0.0177. The van der Waals surface area contributed by atoms with E-state index in [2.05, 4.69) is 59.9 Å². The zero-order valence-electron chi connectivity index (χ0n) is 23.3. The Labute approximate surface area is 226 Å². The van der Waals surface area contributed by atoms with Crippen LogP contribution in [0.15, 0.2) is 42.6 Å². The number of carbonyl (C=O) groups is 1. The molecule has 0 radical (unpaired) electrons. The molecule has 0 unspecified atom stereocenters. The largest absolute Gasteiger partial charge is 0.489 e. The normalized spacial score (nSPS) is 14.1. The molecule has 1 aromatic heterocycles. The summed E-state index contributed by atoms with van der Waals surface area (Å²) in [4.78, 5) is 22.4. The Morgan fingerprint density at radius 2 is 1.68 bits per heavy atom. The molecule has 3 N–H and O–H groups in total. The van der Waals surface area contributed by atoms with E-state index >= 15 is 0 Å². The van der Waals surface area contributed by atoms with Gasteiger partial charge < -0.3 is 25.6 Å². The molecule has 1 saturated heterocycles. The van der Waals surface area contributed by atoms with Gasteiger partial charge in [-0.1, -0.05) is 12.1 Å². The zero-order valence-corrected chi connectivity index (χ0v) is 23.3. The summed E-state index contributed by atoms with van der Waals surface area (Å²) in [6.07, 6.45) is 4.70. The fraction of sp³-hybridized carbons (Fsp3) is 0.433. The fourth-order valence-corrected chi connectivity index (χ4v) is 4.81. The summed E-state index contributed by atoms with van der Waals surface area (Å²) in [5, 5.41) is 10.4. The lowest BCUT2D eigenvalue weighted by Crippen LogP contribution is -2.31. The first-order valence-corrected chi connectivity index (χ1v) is 13.5. The summed E-state index contributed by atoms with van der Waals surface area (Å²) in [5.41, 5.74) is 6.22. The molecule has 1 aliphatic rings. The van der Waals surface area contributed by atoms with E-state index in [1.807, 2.05) is 50.1 Å². The molecule has 2 aromatic carbocycles. The van der Waals surface area contributed by atoms with Crippen molar-refractivity contribution in [3.63, 3.8) is 0 Å². The smallest absolute Gasteiger partial charge is 0.229 e. The predicted molar refractivity (Wildman–Crippen MR) is 155 cm³/mol. The molecule has 8 nitrogen and oxygen atoms in total. The molecule has 0 atom stereocenters. The van der Waals surface area contributed by atoms with Crippen molar-refractivity contribution in [2.24, 2.45) is 0 Å². The average Bonchev–Trinajstić information content (AvgIpc) is 2.88. The number of ether oxygens (including phenoxy) is 1. The lowest BCUT2D eigenvalue weighted by molar-refractivity contribution is -0.119. The third-order valence-corrected chi connectivity index (χ3v) is 6.69. The van der Waals surface area contributed by atoms with Crippen molar-refractivity contribution in [3.8, 4) is 5.75 Å². The summed E-state index contributed by atoms with van der Waals surface area (Å²) in [7, 11) is 0. The Hall–Kier alpha value is -3.81. The maximum absolute atomic E-state index is 11.1. The van der Waals surface area contributed by atoms with Gasteiger partial charge in [0.25, 0.3) is 0 Å². The molecular weight excluding hydrogens is 476 g/mol. The van der Waals surface area contributed by atoms with Crippen LogP contribution in [0.4, 0.5) is 28.8 Å². The molecule has 1 aliphatic heterocycles. The Morgan fingerprint density at radius 1 is 0.974 bits per heavy atom. The number of aromatic nitrogens is 2. The number of nitrogens with zero attached hydrogens (tertiary/aromatic N) is 3. The molecule has 38 heavy (non-hydrogen) atoms. The van der Waals surface area contributed by atoms with Crippen LogP contribution >= 0.6 is 0 Å². The van der Waals surface area contributed by atoms with Crippen LogP contribution in [0, 0.1) is 13.8 Å². The van der Waals surface area contributed by atoms with Crippen molar-refractivity contribution >= 4 is 35.2 Å². The van der Waals surface area contributed by atoms with Crippen molar-refractivity contribution in [1.29, 1.82) is 0 Å². The van der Waals surface area contributed by atoms with Crippen LogP contribution in [-0.2, 0) is 4.79 Å². The maximum atomic E-state index is 11.1. The van der Waals surface area contributed by atoms with Gasteiger partial charge in [-0.25, -0.2) is 4.98 Å². The van der Waals surface area contributed by atoms with E-state index in [-0.39, 0.29) is 6.10 Å². The van der Waals surface area contributed by atoms with E-state index in [1.165, 1.54) is 11.1 Å². The second-order valence-corrected chi connectivity index (χ2v) is 10.6. The zero-order chi connectivity index (χ0) is 27.2. The van der Waals surface area contributed by atoms with Crippen molar-refractivity contribution in [2.45, 2.75) is 72.4 Å². The number of hydrogen-bond donors (Lipinski definition) is 3. The Kier molecular flexibility index (Phi) is 8.71. The molecule has 3 aromatic rings. The van der Waals surface area contributed by atoms with Crippen LogP contribution in [0.3, 0.4) is 0 Å². The van der Waals surface area contributed by atoms with Crippen molar-refractivity contribution in [3.05, 3.63) is 59.3 Å². The first-order chi connectivity index (χ1) is 18.2. The molecule has 4 rings (SSSR count). The molecule has 0 saturated carbocycles. The third kappa shape index (κ3) is 6.73. The van der Waals surface area contributed by atoms with E-state index in [1.54, 1.807) is 0 Å². The van der Waals surface area contributed by atoms with Crippen LogP contribution in [0.2, 0.25) is 0 Å². The summed E-state index contributed by atoms with van der Waals surface area (Å²) < 4.78 is 6.24. The molecular formula is C30H40N6O2. The van der Waals surface area contributed by atoms with Gasteiger partial charge in [-0.15, -0.1) is 0 Å². The van der Waals surface area contributed by atoms with E-state index < -0.39 is 0 Å². The number of carbonyl (C=O) groups excluding carboxylic acids is 1. The van der Waals surface area contributed by atoms with Crippen LogP contribution < -0.4 is 20.7 Å². The van der Waals surface area contributed by atoms with E-state index in [9.17, 15) is 4.79 Å². The number of hydrogen-bond acceptors (Lipinski definition) is 7. The SMILES string of the molecule is Cc1cc(Nc2ncc(C)c(Nc3ccccc3NC(C)C)n2)c(OC(C)C)cc1C1CCN(C=O)CC1. The van der Waals surface area contributed by atoms with Crippen molar-refractivity contribution in [1.82, 2.24) is 14.9 Å². The number of amides is 1. The highest BCUT2D eigenvalue weighted by Gasteiger charge is 2.23. The van der Waals surface area contributed by atoms with Crippen molar-refractivity contribution < 1.29 is 9.53 Å². The summed E-state index contributed by atoms with van der Waals surface area (Å²) in [5.74, 6) is 2.42. The topological polar surface area (TPSA) is 91.4 Å². The van der Waals surface area contributed by atoms with Crippen molar-refractivity contribution in [2.75, 3.05) is 29.0 Å². The molecule has 1 fully saturated rings. The van der Waals surface area contributed by atoms with Gasteiger partial charge in [0.1, 0.15) is 11.6 Å². The number of para-hydroxylation sites is 2. The standard InChI is InChI=1S/C30H40N6O2/c1-19(2)32-25-9-7-8-10-26(25)33-29-22(6)17-31-30(35-29)34-27-15-21(5)24(16-28(27)38-20(3)4)23-11-13-36(18-37)14-12-23/h7-10,15-20,23,32H,11-14H2,1-6H3,(H2,31,33,34,35). The average molecular weight is 517 g/mol. The number of aryl methyl sites for hydroxylation is 2. The van der Waals surface area contributed by atoms with E-state index in [4.69, 9.17) is 9.72 Å². The van der Waals surface area contributed by atoms with E-state index in [0.717, 1.165) is 66.5 Å². The molecule has 0 aliphatic carbocycles. The number of benzene rings is 2. The van der Waals surface area contributed by atoms with Crippen LogP contribution in [-0.4, -0.2) is 46.5 Å². The second-order valence-electron chi connectivity index (χ2n) is 10.6. The Balaban J connectivity index is 1.60. The Bertz CT molecular complexity index is 1250. The maximum Gasteiger partial charge on any atom is 0.229 e. The van der Waals surface area contributed by atoms with Gasteiger partial charge >= 0.3 is 0 Å². The highest BCUT2D eigenvalue weighted by molar-refractivity contribution is 5.75. The quantitative estimate of drug-likeness (QED) is 0.264. The third-order valence-electron chi connectivity index (χ3n) is 6.69. The summed E-state index contributed by atoms with van der Waals surface area (Å²) in [6.45, 7) is 14.0. The minimum absolute atomic E-state index is 0.0177. The van der Waals surface area contributed by atoms with E-state index in [0.29, 0.717) is 17.9 Å². The first-order valence-electron chi connectivity index (χ1n) is 13.5. The Morgan fingerprint density at radius 3 is 2.34 bits per heavy atom. The first kappa shape index (κ1) is 27.2. The minimum Gasteiger partial charge on any atom is -0.489 e. The summed E-state index contributed by atoms with van der Waals surface area (Å²) >= 11 is 0. The predicted octanol–water partition coefficient (Wildman–Crippen LogP) is 6.52. The molecule has 1 amide bonds. The number of likely N-dealkylation sites (tertiary alicyclic amines) is 1. The molecule has 0 bridgehead atoms. The van der Waals surface area contributed by atoms with Gasteiger partial charge in [0, 0.05) is 30.9 Å². The number of piperidine rings is 1. The van der Waals surface area contributed by atoms with Gasteiger partial charge in [0.05, 0.1) is 23.2 Å². The van der Waals surface area contributed by atoms with Crippen LogP contribution in [0.25, 0.3) is 0 Å². The number of nitrogens with one attached hydrogen (secondary N) is 3. The monoisotopic (exact) mass is 516 g/mol. The summed E-state index contributed by atoms with van der Waals surface area (Å²) in [6, 6.07) is 12.7. The number of anilines is 5. The number of rotatable bonds is 10. The molecule has 0 spiro atoms. The lowest BCUT2D eigenvalue weighted by Gasteiger charge is -2.31. The van der Waals surface area contributed by atoms with Gasteiger partial charge in [0.2, 0.25) is 12.4 Å². The lowest BCUT2D eigenvalue weighted by atomic mass is 9.86. The van der Waals surface area contributed by atoms with Gasteiger partial charge in [-0.2, -0.15) is 4.98 Å². The highest BCUT2D eigenvalue weighted by atomic mass is 16.5. The van der Waals surface area contributed by atoms with Gasteiger partial charge in [-0.3, -0.25) is 4.79 Å².